The summed E-state index contributed by atoms with van der Waals surface area (Å²) < 4.78 is 1.92. The lowest BCUT2D eigenvalue weighted by molar-refractivity contribution is -0.671. The molecule has 0 bridgehead atoms. The molecule has 2 heterocycles. The second-order valence-electron chi connectivity index (χ2n) is 4.06. The van der Waals surface area contributed by atoms with Gasteiger partial charge in [0.2, 0.25) is 5.91 Å². The van der Waals surface area contributed by atoms with Crippen LogP contribution >= 0.6 is 0 Å². The number of H-pyrrole nitrogens is 1. The molecule has 5 nitrogen and oxygen atoms in total. The number of rotatable bonds is 2. The number of pyridine rings is 2. The molecule has 2 aromatic heterocycles. The van der Waals surface area contributed by atoms with Crippen molar-refractivity contribution in [3.05, 3.63) is 47.1 Å². The molecule has 1 amide bonds. The molecule has 0 saturated heterocycles. The molecule has 0 aliphatic heterocycles. The highest BCUT2D eigenvalue weighted by Gasteiger charge is 2.06. The fourth-order valence-corrected chi connectivity index (χ4v) is 1.63. The van der Waals surface area contributed by atoms with Crippen LogP contribution in [0, 0.1) is 0 Å². The van der Waals surface area contributed by atoms with Crippen LogP contribution in [-0.4, -0.2) is 10.9 Å². The zero-order valence-corrected chi connectivity index (χ0v) is 10.2. The maximum Gasteiger partial charge on any atom is 0.271 e. The number of carbonyl (C=O) groups excluding carboxylic acids is 1. The number of nitrogens with one attached hydrogen (secondary N) is 2. The Morgan fingerprint density at radius 1 is 1.28 bits per heavy atom. The fraction of sp³-hybridized carbons (Fsp3) is 0.154. The highest BCUT2D eigenvalue weighted by atomic mass is 16.2. The van der Waals surface area contributed by atoms with Crippen LogP contribution in [0.4, 0.5) is 5.69 Å². The molecule has 18 heavy (non-hydrogen) atoms. The average molecular weight is 244 g/mol. The molecule has 2 aromatic rings. The van der Waals surface area contributed by atoms with E-state index in [1.807, 2.05) is 36.1 Å². The zero-order chi connectivity index (χ0) is 13.1. The van der Waals surface area contributed by atoms with Crippen LogP contribution in [0.1, 0.15) is 6.92 Å². The van der Waals surface area contributed by atoms with Gasteiger partial charge in [0.1, 0.15) is 12.7 Å². The van der Waals surface area contributed by atoms with Crippen molar-refractivity contribution in [3.8, 4) is 11.1 Å². The van der Waals surface area contributed by atoms with Crippen molar-refractivity contribution >= 4 is 11.6 Å². The van der Waals surface area contributed by atoms with Crippen molar-refractivity contribution in [1.29, 1.82) is 0 Å². The number of anilines is 1. The molecule has 0 radical (unpaired) electrons. The standard InChI is InChI=1S/C13H13N3O2/c1-9(17)15-12-7-11(8-14-13(12)18)10-3-5-16(2)6-4-10/h3-8H,1-2H3,(H,15,17)/p+1. The topological polar surface area (TPSA) is 65.8 Å². The summed E-state index contributed by atoms with van der Waals surface area (Å²) in [6.07, 6.45) is 5.46. The zero-order valence-electron chi connectivity index (χ0n) is 10.2. The normalized spacial score (nSPS) is 10.1. The maximum atomic E-state index is 11.5. The van der Waals surface area contributed by atoms with Gasteiger partial charge in [-0.2, -0.15) is 0 Å². The third kappa shape index (κ3) is 2.63. The molecule has 2 N–H and O–H groups in total. The lowest BCUT2D eigenvalue weighted by Crippen LogP contribution is -2.25. The van der Waals surface area contributed by atoms with Crippen LogP contribution in [0.5, 0.6) is 0 Å². The molecule has 0 aromatic carbocycles. The van der Waals surface area contributed by atoms with E-state index in [1.54, 1.807) is 12.3 Å². The Hall–Kier alpha value is -2.43. The quantitative estimate of drug-likeness (QED) is 0.768. The molecule has 0 aliphatic rings. The number of nitrogens with zero attached hydrogens (tertiary/aromatic N) is 1. The number of aromatic nitrogens is 2. The summed E-state index contributed by atoms with van der Waals surface area (Å²) in [5, 5.41) is 2.51. The van der Waals surface area contributed by atoms with Gasteiger partial charge in [-0.1, -0.05) is 0 Å². The van der Waals surface area contributed by atoms with Gasteiger partial charge in [0.15, 0.2) is 12.4 Å². The SMILES string of the molecule is CC(=O)Nc1cc(-c2cc[n+](C)cc2)c[nH]c1=O. The lowest BCUT2D eigenvalue weighted by Gasteiger charge is -2.04. The van der Waals surface area contributed by atoms with Crippen LogP contribution in [0.3, 0.4) is 0 Å². The van der Waals surface area contributed by atoms with E-state index in [2.05, 4.69) is 10.3 Å². The Balaban J connectivity index is 2.43. The van der Waals surface area contributed by atoms with Crippen molar-refractivity contribution in [2.45, 2.75) is 6.92 Å². The largest absolute Gasteiger partial charge is 0.327 e. The van der Waals surface area contributed by atoms with Crippen LogP contribution in [0.2, 0.25) is 0 Å². The van der Waals surface area contributed by atoms with E-state index in [4.69, 9.17) is 0 Å². The van der Waals surface area contributed by atoms with E-state index < -0.39 is 0 Å². The average Bonchev–Trinajstić information content (AvgIpc) is 2.32. The van der Waals surface area contributed by atoms with Gasteiger partial charge in [-0.15, -0.1) is 0 Å². The minimum atomic E-state index is -0.310. The molecule has 2 rings (SSSR count). The van der Waals surface area contributed by atoms with Gasteiger partial charge in [0, 0.05) is 30.8 Å². The van der Waals surface area contributed by atoms with Gasteiger partial charge in [-0.25, -0.2) is 4.57 Å². The molecule has 0 saturated carbocycles. The molecule has 92 valence electrons. The van der Waals surface area contributed by atoms with E-state index in [0.29, 0.717) is 0 Å². The number of amides is 1. The molecule has 0 fully saturated rings. The molecule has 0 atom stereocenters. The van der Waals surface area contributed by atoms with Gasteiger partial charge in [-0.05, 0) is 11.6 Å². The number of carbonyl (C=O) groups is 1. The molecular weight excluding hydrogens is 230 g/mol. The predicted molar refractivity (Wildman–Crippen MR) is 68.0 cm³/mol. The summed E-state index contributed by atoms with van der Waals surface area (Å²) in [6, 6.07) is 5.53. The van der Waals surface area contributed by atoms with Crippen molar-refractivity contribution in [1.82, 2.24) is 4.98 Å². The number of hydrogen-bond acceptors (Lipinski definition) is 2. The van der Waals surface area contributed by atoms with E-state index in [0.717, 1.165) is 11.1 Å². The van der Waals surface area contributed by atoms with Crippen LogP contribution in [0.15, 0.2) is 41.6 Å². The minimum absolute atomic E-state index is 0.258. The summed E-state index contributed by atoms with van der Waals surface area (Å²) in [6.45, 7) is 1.37. The first kappa shape index (κ1) is 12.0. The summed E-state index contributed by atoms with van der Waals surface area (Å²) in [5.41, 5.74) is 1.76. The maximum absolute atomic E-state index is 11.5. The number of aryl methyl sites for hydroxylation is 1. The Kier molecular flexibility index (Phi) is 3.23. The second kappa shape index (κ2) is 4.83. The molecule has 0 unspecified atom stereocenters. The third-order valence-electron chi connectivity index (χ3n) is 2.53. The van der Waals surface area contributed by atoms with E-state index in [-0.39, 0.29) is 17.2 Å². The first-order chi connectivity index (χ1) is 8.56. The monoisotopic (exact) mass is 244 g/mol. The third-order valence-corrected chi connectivity index (χ3v) is 2.53. The highest BCUT2D eigenvalue weighted by molar-refractivity contribution is 5.89. The van der Waals surface area contributed by atoms with Gasteiger partial charge < -0.3 is 10.3 Å². The summed E-state index contributed by atoms with van der Waals surface area (Å²) in [5.74, 6) is -0.267. The summed E-state index contributed by atoms with van der Waals surface area (Å²) in [7, 11) is 1.93. The first-order valence-electron chi connectivity index (χ1n) is 5.52. The van der Waals surface area contributed by atoms with Gasteiger partial charge in [-0.3, -0.25) is 9.59 Å². The van der Waals surface area contributed by atoms with Crippen molar-refractivity contribution in [2.75, 3.05) is 5.32 Å². The van der Waals surface area contributed by atoms with Gasteiger partial charge in [0.05, 0.1) is 0 Å². The Morgan fingerprint density at radius 2 is 1.94 bits per heavy atom. The fourth-order valence-electron chi connectivity index (χ4n) is 1.63. The van der Waals surface area contributed by atoms with Crippen molar-refractivity contribution in [3.63, 3.8) is 0 Å². The molecule has 0 aliphatic carbocycles. The highest BCUT2D eigenvalue weighted by Crippen LogP contribution is 2.18. The number of aromatic amines is 1. The van der Waals surface area contributed by atoms with Crippen molar-refractivity contribution < 1.29 is 9.36 Å². The van der Waals surface area contributed by atoms with E-state index in [1.165, 1.54) is 6.92 Å². The summed E-state index contributed by atoms with van der Waals surface area (Å²) in [4.78, 5) is 25.1. The van der Waals surface area contributed by atoms with Gasteiger partial charge in [0.25, 0.3) is 5.56 Å². The second-order valence-corrected chi connectivity index (χ2v) is 4.06. The van der Waals surface area contributed by atoms with Crippen LogP contribution < -0.4 is 15.4 Å². The summed E-state index contributed by atoms with van der Waals surface area (Å²) >= 11 is 0. The predicted octanol–water partition coefficient (Wildman–Crippen LogP) is 0.825. The first-order valence-corrected chi connectivity index (χ1v) is 5.52. The Morgan fingerprint density at radius 3 is 2.56 bits per heavy atom. The molecular formula is C13H14N3O2+. The number of hydrogen-bond donors (Lipinski definition) is 2. The molecule has 0 spiro atoms. The van der Waals surface area contributed by atoms with Crippen molar-refractivity contribution in [2.24, 2.45) is 7.05 Å². The van der Waals surface area contributed by atoms with Crippen LogP contribution in [-0.2, 0) is 11.8 Å². The molecule has 5 heteroatoms. The van der Waals surface area contributed by atoms with Crippen LogP contribution in [0.25, 0.3) is 11.1 Å². The minimum Gasteiger partial charge on any atom is -0.327 e. The Bertz CT molecular complexity index is 629. The van der Waals surface area contributed by atoms with Gasteiger partial charge >= 0.3 is 0 Å². The van der Waals surface area contributed by atoms with E-state index >= 15 is 0 Å². The van der Waals surface area contributed by atoms with E-state index in [9.17, 15) is 9.59 Å². The lowest BCUT2D eigenvalue weighted by atomic mass is 10.1. The smallest absolute Gasteiger partial charge is 0.271 e. The Labute approximate surface area is 104 Å².